The van der Waals surface area contributed by atoms with E-state index in [1.165, 1.54) is 5.69 Å². The van der Waals surface area contributed by atoms with Crippen LogP contribution in [0.1, 0.15) is 22.6 Å². The molecule has 2 N–H and O–H groups in total. The summed E-state index contributed by atoms with van der Waals surface area (Å²) in [6.07, 6.45) is 9.05. The number of fused-ring (bicyclic) bond motifs is 2. The van der Waals surface area contributed by atoms with Crippen LogP contribution in [0.3, 0.4) is 0 Å². The lowest BCUT2D eigenvalue weighted by Gasteiger charge is -2.24. The number of rotatable bonds is 2. The smallest absolute Gasteiger partial charge is 0.268 e. The van der Waals surface area contributed by atoms with Crippen LogP contribution >= 0.6 is 0 Å². The first-order chi connectivity index (χ1) is 10.3. The average molecular weight is 281 g/mol. The van der Waals surface area contributed by atoms with Crippen molar-refractivity contribution in [2.45, 2.75) is 25.4 Å². The van der Waals surface area contributed by atoms with Crippen LogP contribution in [0.15, 0.2) is 37.1 Å². The average Bonchev–Trinajstić information content (AvgIpc) is 3.13. The molecule has 1 amide bonds. The van der Waals surface area contributed by atoms with Gasteiger partial charge >= 0.3 is 0 Å². The van der Waals surface area contributed by atoms with Gasteiger partial charge in [0.05, 0.1) is 18.0 Å². The van der Waals surface area contributed by atoms with E-state index < -0.39 is 0 Å². The van der Waals surface area contributed by atoms with Gasteiger partial charge in [0.2, 0.25) is 0 Å². The summed E-state index contributed by atoms with van der Waals surface area (Å²) in [4.78, 5) is 23.6. The van der Waals surface area contributed by atoms with Crippen molar-refractivity contribution in [2.75, 3.05) is 0 Å². The highest BCUT2D eigenvalue weighted by Crippen LogP contribution is 2.16. The molecule has 6 nitrogen and oxygen atoms in total. The van der Waals surface area contributed by atoms with Crippen molar-refractivity contribution < 1.29 is 4.79 Å². The third-order valence-electron chi connectivity index (χ3n) is 3.97. The van der Waals surface area contributed by atoms with E-state index in [0.29, 0.717) is 5.69 Å². The Morgan fingerprint density at radius 3 is 3.24 bits per heavy atom. The number of amides is 1. The van der Waals surface area contributed by atoms with E-state index in [0.717, 1.165) is 30.3 Å². The molecular weight excluding hydrogens is 266 g/mol. The van der Waals surface area contributed by atoms with Gasteiger partial charge in [-0.2, -0.15) is 0 Å². The first kappa shape index (κ1) is 12.1. The second kappa shape index (κ2) is 4.73. The molecule has 1 atom stereocenters. The monoisotopic (exact) mass is 281 g/mol. The number of carbonyl (C=O) groups is 1. The van der Waals surface area contributed by atoms with Crippen LogP contribution in [0.2, 0.25) is 0 Å². The predicted octanol–water partition coefficient (Wildman–Crippen LogP) is 1.50. The molecule has 106 valence electrons. The number of H-pyrrole nitrogens is 1. The zero-order valence-electron chi connectivity index (χ0n) is 11.4. The molecule has 4 heterocycles. The van der Waals surface area contributed by atoms with E-state index in [4.69, 9.17) is 0 Å². The molecule has 0 aromatic carbocycles. The molecular formula is C15H15N5O. The minimum absolute atomic E-state index is 0.0697. The second-order valence-electron chi connectivity index (χ2n) is 5.39. The largest absolute Gasteiger partial charge is 0.349 e. The Balaban J connectivity index is 1.51. The molecule has 0 spiro atoms. The molecule has 3 aromatic rings. The fourth-order valence-corrected chi connectivity index (χ4v) is 2.85. The SMILES string of the molecule is O=C(NC1CCc2cncn2C1)c1cc2ccncc2[nH]1. The molecule has 0 fully saturated rings. The summed E-state index contributed by atoms with van der Waals surface area (Å²) < 4.78 is 2.10. The Hall–Kier alpha value is -2.63. The van der Waals surface area contributed by atoms with Crippen molar-refractivity contribution in [3.8, 4) is 0 Å². The summed E-state index contributed by atoms with van der Waals surface area (Å²) in [6, 6.07) is 3.89. The number of carbonyl (C=O) groups excluding carboxylic acids is 1. The second-order valence-corrected chi connectivity index (χ2v) is 5.39. The number of hydrogen-bond donors (Lipinski definition) is 2. The van der Waals surface area contributed by atoms with Gasteiger partial charge in [-0.05, 0) is 25.0 Å². The van der Waals surface area contributed by atoms with Crippen LogP contribution in [0.4, 0.5) is 0 Å². The predicted molar refractivity (Wildman–Crippen MR) is 77.9 cm³/mol. The maximum Gasteiger partial charge on any atom is 0.268 e. The van der Waals surface area contributed by atoms with E-state index in [1.807, 2.05) is 24.7 Å². The van der Waals surface area contributed by atoms with Gasteiger partial charge in [-0.15, -0.1) is 0 Å². The van der Waals surface area contributed by atoms with Crippen LogP contribution in [0, 0.1) is 0 Å². The lowest BCUT2D eigenvalue weighted by atomic mass is 10.1. The van der Waals surface area contributed by atoms with Crippen molar-refractivity contribution in [3.63, 3.8) is 0 Å². The normalized spacial score (nSPS) is 17.6. The molecule has 3 aromatic heterocycles. The standard InChI is InChI=1S/C15H15N5O/c21-15(13-5-10-3-4-16-7-14(10)19-13)18-11-1-2-12-6-17-9-20(12)8-11/h3-7,9,11,19H,1-2,8H2,(H,18,21). The number of aromatic nitrogens is 4. The lowest BCUT2D eigenvalue weighted by Crippen LogP contribution is -2.40. The maximum absolute atomic E-state index is 12.3. The number of aryl methyl sites for hydroxylation is 1. The zero-order chi connectivity index (χ0) is 14.2. The third kappa shape index (κ3) is 2.18. The number of nitrogens with zero attached hydrogens (tertiary/aromatic N) is 3. The quantitative estimate of drug-likeness (QED) is 0.747. The topological polar surface area (TPSA) is 75.6 Å². The third-order valence-corrected chi connectivity index (χ3v) is 3.97. The highest BCUT2D eigenvalue weighted by atomic mass is 16.1. The van der Waals surface area contributed by atoms with Gasteiger partial charge in [-0.25, -0.2) is 4.98 Å². The van der Waals surface area contributed by atoms with E-state index in [2.05, 4.69) is 24.8 Å². The van der Waals surface area contributed by atoms with Gasteiger partial charge in [0.25, 0.3) is 5.91 Å². The van der Waals surface area contributed by atoms with E-state index in [9.17, 15) is 4.79 Å². The summed E-state index contributed by atoms with van der Waals surface area (Å²) >= 11 is 0. The first-order valence-corrected chi connectivity index (χ1v) is 7.02. The molecule has 0 aliphatic carbocycles. The zero-order valence-corrected chi connectivity index (χ0v) is 11.4. The van der Waals surface area contributed by atoms with Gasteiger partial charge in [0.1, 0.15) is 5.69 Å². The Morgan fingerprint density at radius 1 is 1.38 bits per heavy atom. The minimum atomic E-state index is -0.0697. The summed E-state index contributed by atoms with van der Waals surface area (Å²) in [7, 11) is 0. The lowest BCUT2D eigenvalue weighted by molar-refractivity contribution is 0.0923. The summed E-state index contributed by atoms with van der Waals surface area (Å²) in [6.45, 7) is 0.781. The van der Waals surface area contributed by atoms with Gasteiger partial charge in [0, 0.05) is 36.1 Å². The van der Waals surface area contributed by atoms with Crippen LogP contribution in [-0.4, -0.2) is 31.5 Å². The summed E-state index contributed by atoms with van der Waals surface area (Å²) in [5, 5.41) is 4.08. The summed E-state index contributed by atoms with van der Waals surface area (Å²) in [5.41, 5.74) is 2.69. The van der Waals surface area contributed by atoms with Crippen molar-refractivity contribution in [2.24, 2.45) is 0 Å². The van der Waals surface area contributed by atoms with Gasteiger partial charge in [0.15, 0.2) is 0 Å². The number of hydrogen-bond acceptors (Lipinski definition) is 3. The van der Waals surface area contributed by atoms with Crippen molar-refractivity contribution in [1.29, 1.82) is 0 Å². The van der Waals surface area contributed by atoms with Crippen LogP contribution in [0.25, 0.3) is 10.9 Å². The molecule has 1 aliphatic heterocycles. The van der Waals surface area contributed by atoms with Crippen molar-refractivity contribution in [1.82, 2.24) is 24.8 Å². The molecule has 0 saturated heterocycles. The van der Waals surface area contributed by atoms with E-state index >= 15 is 0 Å². The molecule has 0 saturated carbocycles. The van der Waals surface area contributed by atoms with Crippen LogP contribution < -0.4 is 5.32 Å². The van der Waals surface area contributed by atoms with Crippen molar-refractivity contribution in [3.05, 3.63) is 48.4 Å². The Labute approximate surface area is 121 Å². The van der Waals surface area contributed by atoms with Gasteiger partial charge in [-0.3, -0.25) is 9.78 Å². The molecule has 1 unspecified atom stereocenters. The fraction of sp³-hybridized carbons (Fsp3) is 0.267. The molecule has 0 bridgehead atoms. The number of imidazole rings is 1. The highest BCUT2D eigenvalue weighted by molar-refractivity contribution is 5.97. The highest BCUT2D eigenvalue weighted by Gasteiger charge is 2.21. The molecule has 0 radical (unpaired) electrons. The Kier molecular flexibility index (Phi) is 2.73. The first-order valence-electron chi connectivity index (χ1n) is 7.02. The fourth-order valence-electron chi connectivity index (χ4n) is 2.85. The van der Waals surface area contributed by atoms with Crippen molar-refractivity contribution >= 4 is 16.8 Å². The molecule has 4 rings (SSSR count). The minimum Gasteiger partial charge on any atom is -0.349 e. The van der Waals surface area contributed by atoms with Gasteiger partial charge < -0.3 is 14.9 Å². The number of aromatic amines is 1. The van der Waals surface area contributed by atoms with E-state index in [-0.39, 0.29) is 11.9 Å². The Morgan fingerprint density at radius 2 is 2.33 bits per heavy atom. The number of pyridine rings is 1. The Bertz CT molecular complexity index is 770. The van der Waals surface area contributed by atoms with Crippen LogP contribution in [-0.2, 0) is 13.0 Å². The number of nitrogens with one attached hydrogen (secondary N) is 2. The molecule has 21 heavy (non-hydrogen) atoms. The van der Waals surface area contributed by atoms with Gasteiger partial charge in [-0.1, -0.05) is 0 Å². The van der Waals surface area contributed by atoms with Crippen LogP contribution in [0.5, 0.6) is 0 Å². The molecule has 6 heteroatoms. The maximum atomic E-state index is 12.3. The van der Waals surface area contributed by atoms with E-state index in [1.54, 1.807) is 12.4 Å². The molecule has 1 aliphatic rings. The summed E-state index contributed by atoms with van der Waals surface area (Å²) in [5.74, 6) is -0.0697.